The minimum Gasteiger partial charge on any atom is -0.352 e. The number of benzene rings is 2. The van der Waals surface area contributed by atoms with Gasteiger partial charge in [0.05, 0.1) is 15.8 Å². The molecule has 0 bridgehead atoms. The van der Waals surface area contributed by atoms with Gasteiger partial charge in [0.15, 0.2) is 5.82 Å². The lowest BCUT2D eigenvalue weighted by Crippen LogP contribution is -2.26. The topological polar surface area (TPSA) is 72.2 Å². The van der Waals surface area contributed by atoms with Crippen LogP contribution in [0, 0.1) is 0 Å². The number of aromatic nitrogens is 3. The molecule has 0 saturated carbocycles. The number of aliphatic imine (C=N–C) groups is 1. The molecule has 0 atom stereocenters. The SMILES string of the molecule is CCc1cc2c(s1)-n1c(CCNC(=O)c3ccc(Cl)c(Cl)c3)nnc1CN=C2c1ccccc1Cl. The van der Waals surface area contributed by atoms with Crippen molar-refractivity contribution in [2.75, 3.05) is 6.54 Å². The van der Waals surface area contributed by atoms with Crippen LogP contribution in [-0.2, 0) is 19.4 Å². The van der Waals surface area contributed by atoms with E-state index in [9.17, 15) is 4.79 Å². The molecule has 1 aliphatic rings. The molecule has 1 amide bonds. The Morgan fingerprint density at radius 3 is 2.63 bits per heavy atom. The molecular formula is C25H20Cl3N5OS. The van der Waals surface area contributed by atoms with Crippen LogP contribution < -0.4 is 5.32 Å². The first-order chi connectivity index (χ1) is 17.0. The first kappa shape index (κ1) is 24.0. The molecule has 1 N–H and O–H groups in total. The molecule has 0 saturated heterocycles. The van der Waals surface area contributed by atoms with Crippen LogP contribution in [0.5, 0.6) is 0 Å². The number of rotatable bonds is 6. The Hall–Kier alpha value is -2.71. The Labute approximate surface area is 221 Å². The molecule has 0 unspecified atom stereocenters. The summed E-state index contributed by atoms with van der Waals surface area (Å²) in [6.45, 7) is 2.90. The van der Waals surface area contributed by atoms with E-state index >= 15 is 0 Å². The van der Waals surface area contributed by atoms with E-state index in [1.54, 1.807) is 29.5 Å². The largest absolute Gasteiger partial charge is 0.352 e. The zero-order valence-electron chi connectivity index (χ0n) is 18.7. The van der Waals surface area contributed by atoms with Crippen LogP contribution in [0.2, 0.25) is 15.1 Å². The van der Waals surface area contributed by atoms with Crippen LogP contribution in [0.25, 0.3) is 5.00 Å². The van der Waals surface area contributed by atoms with Gasteiger partial charge in [-0.1, -0.05) is 59.9 Å². The van der Waals surface area contributed by atoms with Gasteiger partial charge < -0.3 is 5.32 Å². The molecule has 1 aliphatic heterocycles. The van der Waals surface area contributed by atoms with Crippen molar-refractivity contribution in [3.8, 4) is 5.00 Å². The smallest absolute Gasteiger partial charge is 0.251 e. The summed E-state index contributed by atoms with van der Waals surface area (Å²) < 4.78 is 2.07. The first-order valence-electron chi connectivity index (χ1n) is 11.1. The quantitative estimate of drug-likeness (QED) is 0.315. The van der Waals surface area contributed by atoms with Crippen molar-refractivity contribution in [3.05, 3.63) is 96.8 Å². The number of nitrogens with zero attached hydrogens (tertiary/aromatic N) is 4. The van der Waals surface area contributed by atoms with E-state index in [4.69, 9.17) is 39.8 Å². The van der Waals surface area contributed by atoms with Gasteiger partial charge in [0, 0.05) is 39.6 Å². The highest BCUT2D eigenvalue weighted by atomic mass is 35.5. The normalized spacial score (nSPS) is 12.5. The minimum atomic E-state index is -0.228. The van der Waals surface area contributed by atoms with Crippen molar-refractivity contribution in [3.63, 3.8) is 0 Å². The van der Waals surface area contributed by atoms with E-state index in [0.717, 1.165) is 39.9 Å². The number of hydrogen-bond donors (Lipinski definition) is 1. The lowest BCUT2D eigenvalue weighted by molar-refractivity contribution is 0.0954. The van der Waals surface area contributed by atoms with Crippen molar-refractivity contribution < 1.29 is 4.79 Å². The van der Waals surface area contributed by atoms with Crippen LogP contribution in [0.1, 0.15) is 44.9 Å². The molecule has 35 heavy (non-hydrogen) atoms. The molecule has 0 aliphatic carbocycles. The number of fused-ring (bicyclic) bond motifs is 3. The van der Waals surface area contributed by atoms with Gasteiger partial charge in [0.25, 0.3) is 5.91 Å². The minimum absolute atomic E-state index is 0.228. The van der Waals surface area contributed by atoms with Crippen LogP contribution in [0.4, 0.5) is 0 Å². The predicted octanol–water partition coefficient (Wildman–Crippen LogP) is 6.17. The second kappa shape index (κ2) is 10.1. The molecule has 10 heteroatoms. The number of halogens is 3. The molecule has 2 aromatic carbocycles. The molecular weight excluding hydrogens is 525 g/mol. The van der Waals surface area contributed by atoms with E-state index in [0.29, 0.717) is 40.1 Å². The van der Waals surface area contributed by atoms with Gasteiger partial charge in [-0.3, -0.25) is 14.4 Å². The Bertz CT molecular complexity index is 1460. The fourth-order valence-corrected chi connectivity index (χ4v) is 5.60. The summed E-state index contributed by atoms with van der Waals surface area (Å²) in [5.41, 5.74) is 3.21. The maximum Gasteiger partial charge on any atom is 0.251 e. The molecule has 2 aromatic heterocycles. The Balaban J connectivity index is 1.42. The second-order valence-corrected chi connectivity index (χ2v) is 10.3. The Kier molecular flexibility index (Phi) is 6.93. The first-order valence-corrected chi connectivity index (χ1v) is 13.0. The van der Waals surface area contributed by atoms with E-state index in [1.807, 2.05) is 24.3 Å². The van der Waals surface area contributed by atoms with Crippen LogP contribution in [0.15, 0.2) is 53.5 Å². The zero-order valence-corrected chi connectivity index (χ0v) is 21.8. The van der Waals surface area contributed by atoms with Crippen molar-refractivity contribution in [2.24, 2.45) is 4.99 Å². The molecule has 5 rings (SSSR count). The lowest BCUT2D eigenvalue weighted by atomic mass is 10.0. The summed E-state index contributed by atoms with van der Waals surface area (Å²) in [5, 5.41) is 14.2. The summed E-state index contributed by atoms with van der Waals surface area (Å²) in [6, 6.07) is 14.7. The zero-order chi connectivity index (χ0) is 24.5. The van der Waals surface area contributed by atoms with Gasteiger partial charge >= 0.3 is 0 Å². The van der Waals surface area contributed by atoms with Crippen LogP contribution >= 0.6 is 46.1 Å². The summed E-state index contributed by atoms with van der Waals surface area (Å²) in [7, 11) is 0. The number of aryl methyl sites for hydroxylation is 1. The fourth-order valence-electron chi connectivity index (χ4n) is 3.94. The van der Waals surface area contributed by atoms with Gasteiger partial charge in [-0.25, -0.2) is 0 Å². The summed E-state index contributed by atoms with van der Waals surface area (Å²) >= 11 is 20.2. The van der Waals surface area contributed by atoms with Gasteiger partial charge in [-0.05, 0) is 36.8 Å². The highest BCUT2D eigenvalue weighted by Crippen LogP contribution is 2.34. The van der Waals surface area contributed by atoms with Gasteiger partial charge in [0.2, 0.25) is 0 Å². The summed E-state index contributed by atoms with van der Waals surface area (Å²) in [6.07, 6.45) is 1.40. The maximum absolute atomic E-state index is 12.6. The van der Waals surface area contributed by atoms with Crippen molar-refractivity contribution >= 4 is 57.8 Å². The molecule has 178 valence electrons. The Morgan fingerprint density at radius 2 is 1.86 bits per heavy atom. The fraction of sp³-hybridized carbons (Fsp3) is 0.200. The van der Waals surface area contributed by atoms with Crippen molar-refractivity contribution in [1.82, 2.24) is 20.1 Å². The third kappa shape index (κ3) is 4.74. The lowest BCUT2D eigenvalue weighted by Gasteiger charge is -2.10. The monoisotopic (exact) mass is 543 g/mol. The van der Waals surface area contributed by atoms with Crippen molar-refractivity contribution in [2.45, 2.75) is 26.3 Å². The van der Waals surface area contributed by atoms with Crippen LogP contribution in [-0.4, -0.2) is 32.9 Å². The number of thiophene rings is 1. The molecule has 0 spiro atoms. The van der Waals surface area contributed by atoms with Crippen molar-refractivity contribution in [1.29, 1.82) is 0 Å². The number of amides is 1. The van der Waals surface area contributed by atoms with E-state index in [-0.39, 0.29) is 5.91 Å². The maximum atomic E-state index is 12.6. The molecule has 6 nitrogen and oxygen atoms in total. The molecule has 0 fully saturated rings. The standard InChI is InChI=1S/C25H20Cl3N5OS/c1-2-15-12-17-23(16-5-3-4-6-18(16)26)30-13-22-32-31-21(33(22)25(17)35-15)9-10-29-24(34)14-7-8-19(27)20(28)11-14/h3-8,11-12H,2,9-10,13H2,1H3,(H,29,34). The van der Waals surface area contributed by atoms with E-state index in [1.165, 1.54) is 4.88 Å². The van der Waals surface area contributed by atoms with Crippen LogP contribution in [0.3, 0.4) is 0 Å². The molecule has 0 radical (unpaired) electrons. The second-order valence-electron chi connectivity index (χ2n) is 7.93. The van der Waals surface area contributed by atoms with Gasteiger partial charge in [0.1, 0.15) is 17.4 Å². The number of hydrogen-bond acceptors (Lipinski definition) is 5. The molecule has 4 aromatic rings. The summed E-state index contributed by atoms with van der Waals surface area (Å²) in [5.74, 6) is 1.29. The van der Waals surface area contributed by atoms with Gasteiger partial charge in [-0.2, -0.15) is 0 Å². The molecule has 3 heterocycles. The number of carbonyl (C=O) groups excluding carboxylic acids is 1. The highest BCUT2D eigenvalue weighted by molar-refractivity contribution is 7.15. The number of carbonyl (C=O) groups is 1. The third-order valence-corrected chi connectivity index (χ3v) is 8.02. The van der Waals surface area contributed by atoms with E-state index in [2.05, 4.69) is 33.1 Å². The predicted molar refractivity (Wildman–Crippen MR) is 142 cm³/mol. The Morgan fingerprint density at radius 1 is 1.03 bits per heavy atom. The van der Waals surface area contributed by atoms with E-state index < -0.39 is 0 Å². The highest BCUT2D eigenvalue weighted by Gasteiger charge is 2.26. The third-order valence-electron chi connectivity index (χ3n) is 5.69. The summed E-state index contributed by atoms with van der Waals surface area (Å²) in [4.78, 5) is 18.7. The number of nitrogens with one attached hydrogen (secondary N) is 1. The average Bonchev–Trinajstić information content (AvgIpc) is 3.42. The average molecular weight is 545 g/mol. The van der Waals surface area contributed by atoms with Gasteiger partial charge in [-0.15, -0.1) is 21.5 Å².